The van der Waals surface area contributed by atoms with Crippen molar-refractivity contribution in [3.8, 4) is 5.75 Å². The van der Waals surface area contributed by atoms with Gasteiger partial charge in [0.2, 0.25) is 0 Å². The average molecular weight is 382 g/mol. The predicted octanol–water partition coefficient (Wildman–Crippen LogP) is 4.41. The van der Waals surface area contributed by atoms with Gasteiger partial charge in [-0.15, -0.1) is 0 Å². The van der Waals surface area contributed by atoms with E-state index in [0.717, 1.165) is 5.56 Å². The van der Waals surface area contributed by atoms with E-state index < -0.39 is 16.1 Å². The summed E-state index contributed by atoms with van der Waals surface area (Å²) in [6.45, 7) is 1.77. The molecule has 3 aromatic carbocycles. The Labute approximate surface area is 157 Å². The average Bonchev–Trinajstić information content (AvgIpc) is 2.64. The van der Waals surface area contributed by atoms with E-state index in [4.69, 9.17) is 4.18 Å². The van der Waals surface area contributed by atoms with E-state index in [1.165, 1.54) is 12.1 Å². The lowest BCUT2D eigenvalue weighted by Crippen LogP contribution is -2.20. The third-order valence-electron chi connectivity index (χ3n) is 3.73. The van der Waals surface area contributed by atoms with Crippen LogP contribution in [0.25, 0.3) is 0 Å². The van der Waals surface area contributed by atoms with Gasteiger partial charge in [-0.2, -0.15) is 8.42 Å². The van der Waals surface area contributed by atoms with E-state index >= 15 is 0 Å². The van der Waals surface area contributed by atoms with Crippen LogP contribution in [0.4, 0.5) is 16.2 Å². The summed E-state index contributed by atoms with van der Waals surface area (Å²) < 4.78 is 30.1. The lowest BCUT2D eigenvalue weighted by molar-refractivity contribution is 0.262. The summed E-state index contributed by atoms with van der Waals surface area (Å²) >= 11 is 0. The first-order chi connectivity index (χ1) is 12.9. The molecule has 27 heavy (non-hydrogen) atoms. The summed E-state index contributed by atoms with van der Waals surface area (Å²) in [5.41, 5.74) is 1.72. The van der Waals surface area contributed by atoms with E-state index in [2.05, 4.69) is 10.6 Å². The molecule has 0 aromatic heterocycles. The van der Waals surface area contributed by atoms with Gasteiger partial charge < -0.3 is 14.8 Å². The molecule has 0 aliphatic rings. The quantitative estimate of drug-likeness (QED) is 0.640. The second kappa shape index (κ2) is 7.92. The molecular weight excluding hydrogens is 364 g/mol. The Balaban J connectivity index is 1.78. The standard InChI is InChI=1S/C20H18N2O4S/c1-15-12-13-18(27(24,25)26-17-10-6-3-7-11-17)14-19(15)22-20(23)21-16-8-4-2-5-9-16/h2-14H,1H3,(H2,21,22,23). The highest BCUT2D eigenvalue weighted by atomic mass is 32.2. The zero-order valence-corrected chi connectivity index (χ0v) is 15.4. The third-order valence-corrected chi connectivity index (χ3v) is 4.97. The number of amides is 2. The molecule has 2 N–H and O–H groups in total. The van der Waals surface area contributed by atoms with Crippen LogP contribution < -0.4 is 14.8 Å². The van der Waals surface area contributed by atoms with Crippen LogP contribution in [0.1, 0.15) is 5.56 Å². The molecule has 0 bridgehead atoms. The normalized spacial score (nSPS) is 10.9. The fourth-order valence-corrected chi connectivity index (χ4v) is 3.31. The van der Waals surface area contributed by atoms with Gasteiger partial charge in [-0.3, -0.25) is 0 Å². The topological polar surface area (TPSA) is 84.5 Å². The Morgan fingerprint density at radius 1 is 0.852 bits per heavy atom. The van der Waals surface area contributed by atoms with Gasteiger partial charge in [0, 0.05) is 11.4 Å². The fourth-order valence-electron chi connectivity index (χ4n) is 2.35. The number of urea groups is 1. The molecule has 2 amide bonds. The minimum atomic E-state index is -4.02. The van der Waals surface area contributed by atoms with E-state index in [1.807, 2.05) is 6.07 Å². The van der Waals surface area contributed by atoms with E-state index in [1.54, 1.807) is 67.6 Å². The summed E-state index contributed by atoms with van der Waals surface area (Å²) in [7, 11) is -4.02. The molecule has 0 saturated carbocycles. The number of rotatable bonds is 5. The molecule has 3 rings (SSSR count). The van der Waals surface area contributed by atoms with Crippen molar-refractivity contribution in [3.63, 3.8) is 0 Å². The van der Waals surface area contributed by atoms with E-state index in [-0.39, 0.29) is 10.6 Å². The summed E-state index contributed by atoms with van der Waals surface area (Å²) in [4.78, 5) is 12.1. The van der Waals surface area contributed by atoms with E-state index in [0.29, 0.717) is 11.4 Å². The van der Waals surface area contributed by atoms with Gasteiger partial charge >= 0.3 is 16.1 Å². The van der Waals surface area contributed by atoms with Crippen LogP contribution in [-0.4, -0.2) is 14.4 Å². The Hall–Kier alpha value is -3.32. The minimum Gasteiger partial charge on any atom is -0.379 e. The highest BCUT2D eigenvalue weighted by Gasteiger charge is 2.18. The number of anilines is 2. The molecule has 0 spiro atoms. The number of carbonyl (C=O) groups excluding carboxylic acids is 1. The third kappa shape index (κ3) is 4.86. The number of carbonyl (C=O) groups is 1. The molecule has 0 atom stereocenters. The van der Waals surface area contributed by atoms with Crippen molar-refractivity contribution < 1.29 is 17.4 Å². The number of para-hydroxylation sites is 2. The van der Waals surface area contributed by atoms with Gasteiger partial charge in [-0.1, -0.05) is 42.5 Å². The van der Waals surface area contributed by atoms with Crippen LogP contribution >= 0.6 is 0 Å². The molecule has 0 heterocycles. The molecule has 0 aliphatic heterocycles. The SMILES string of the molecule is Cc1ccc(S(=O)(=O)Oc2ccccc2)cc1NC(=O)Nc1ccccc1. The summed E-state index contributed by atoms with van der Waals surface area (Å²) in [6, 6.07) is 21.1. The highest BCUT2D eigenvalue weighted by molar-refractivity contribution is 7.87. The summed E-state index contributed by atoms with van der Waals surface area (Å²) in [5, 5.41) is 5.35. The zero-order chi connectivity index (χ0) is 19.3. The monoisotopic (exact) mass is 382 g/mol. The fraction of sp³-hybridized carbons (Fsp3) is 0.0500. The second-order valence-electron chi connectivity index (χ2n) is 5.77. The van der Waals surface area contributed by atoms with Crippen LogP contribution in [-0.2, 0) is 10.1 Å². The first-order valence-electron chi connectivity index (χ1n) is 8.17. The molecule has 0 radical (unpaired) electrons. The maximum absolute atomic E-state index is 12.5. The summed E-state index contributed by atoms with van der Waals surface area (Å²) in [6.07, 6.45) is 0. The second-order valence-corrected chi connectivity index (χ2v) is 7.32. The van der Waals surface area contributed by atoms with Crippen LogP contribution in [0.3, 0.4) is 0 Å². The maximum atomic E-state index is 12.5. The molecule has 7 heteroatoms. The largest absolute Gasteiger partial charge is 0.379 e. The van der Waals surface area contributed by atoms with Gasteiger partial charge in [0.25, 0.3) is 0 Å². The lowest BCUT2D eigenvalue weighted by atomic mass is 10.2. The van der Waals surface area contributed by atoms with Gasteiger partial charge in [0.1, 0.15) is 10.6 Å². The van der Waals surface area contributed by atoms with Crippen molar-refractivity contribution in [3.05, 3.63) is 84.4 Å². The van der Waals surface area contributed by atoms with Crippen molar-refractivity contribution in [2.45, 2.75) is 11.8 Å². The molecule has 138 valence electrons. The van der Waals surface area contributed by atoms with Crippen molar-refractivity contribution >= 4 is 27.5 Å². The van der Waals surface area contributed by atoms with Crippen molar-refractivity contribution in [1.29, 1.82) is 0 Å². The molecule has 6 nitrogen and oxygen atoms in total. The Kier molecular flexibility index (Phi) is 5.42. The molecule has 3 aromatic rings. The van der Waals surface area contributed by atoms with Gasteiger partial charge in [0.05, 0.1) is 0 Å². The first kappa shape index (κ1) is 18.5. The zero-order valence-electron chi connectivity index (χ0n) is 14.5. The highest BCUT2D eigenvalue weighted by Crippen LogP contribution is 2.23. The molecule has 0 aliphatic carbocycles. The Bertz CT molecular complexity index is 1040. The number of benzene rings is 3. The summed E-state index contributed by atoms with van der Waals surface area (Å²) in [5.74, 6) is 0.217. The number of hydrogen-bond donors (Lipinski definition) is 2. The first-order valence-corrected chi connectivity index (χ1v) is 9.58. The molecule has 0 saturated heterocycles. The van der Waals surface area contributed by atoms with E-state index in [9.17, 15) is 13.2 Å². The van der Waals surface area contributed by atoms with Crippen LogP contribution in [0.15, 0.2) is 83.8 Å². The molecule has 0 unspecified atom stereocenters. The van der Waals surface area contributed by atoms with Crippen LogP contribution in [0.2, 0.25) is 0 Å². The van der Waals surface area contributed by atoms with Gasteiger partial charge in [0.15, 0.2) is 0 Å². The van der Waals surface area contributed by atoms with Crippen LogP contribution in [0.5, 0.6) is 5.75 Å². The van der Waals surface area contributed by atoms with Crippen molar-refractivity contribution in [1.82, 2.24) is 0 Å². The lowest BCUT2D eigenvalue weighted by Gasteiger charge is -2.12. The van der Waals surface area contributed by atoms with Crippen molar-refractivity contribution in [2.24, 2.45) is 0 Å². The van der Waals surface area contributed by atoms with Gasteiger partial charge in [-0.05, 0) is 48.9 Å². The molecule has 0 fully saturated rings. The smallest absolute Gasteiger partial charge is 0.339 e. The number of hydrogen-bond acceptors (Lipinski definition) is 4. The maximum Gasteiger partial charge on any atom is 0.339 e. The van der Waals surface area contributed by atoms with Gasteiger partial charge in [-0.25, -0.2) is 4.79 Å². The number of nitrogens with one attached hydrogen (secondary N) is 2. The minimum absolute atomic E-state index is 0.0491. The Morgan fingerprint density at radius 3 is 2.15 bits per heavy atom. The van der Waals surface area contributed by atoms with Crippen LogP contribution in [0, 0.1) is 6.92 Å². The predicted molar refractivity (Wildman–Crippen MR) is 105 cm³/mol. The van der Waals surface area contributed by atoms with Crippen molar-refractivity contribution in [2.75, 3.05) is 10.6 Å². The molecular formula is C20H18N2O4S. The Morgan fingerprint density at radius 2 is 1.48 bits per heavy atom. The number of aryl methyl sites for hydroxylation is 1.